The molecule has 1 saturated carbocycles. The van der Waals surface area contributed by atoms with E-state index in [1.165, 1.54) is 62.1 Å². The van der Waals surface area contributed by atoms with E-state index in [1.54, 1.807) is 32.9 Å². The van der Waals surface area contributed by atoms with Crippen molar-refractivity contribution in [1.82, 2.24) is 9.97 Å². The lowest BCUT2D eigenvalue weighted by Gasteiger charge is -2.42. The van der Waals surface area contributed by atoms with Gasteiger partial charge >= 0.3 is 35.8 Å². The summed E-state index contributed by atoms with van der Waals surface area (Å²) in [6, 6.07) is 6.05. The molecule has 0 spiro atoms. The Kier molecular flexibility index (Phi) is 15.3. The summed E-state index contributed by atoms with van der Waals surface area (Å²) in [6.45, 7) is 14.1. The van der Waals surface area contributed by atoms with E-state index in [0.717, 1.165) is 27.7 Å². The molecule has 0 saturated heterocycles. The fourth-order valence-corrected chi connectivity index (χ4v) is 7.62. The monoisotopic (exact) mass is 834 g/mol. The lowest BCUT2D eigenvalue weighted by molar-refractivity contribution is -0.178. The fourth-order valence-electron chi connectivity index (χ4n) is 7.62. The van der Waals surface area contributed by atoms with Crippen molar-refractivity contribution < 1.29 is 66.7 Å². The Morgan fingerprint density at radius 2 is 1.37 bits per heavy atom. The van der Waals surface area contributed by atoms with E-state index in [0.29, 0.717) is 0 Å². The van der Waals surface area contributed by atoms with Crippen molar-refractivity contribution in [2.75, 3.05) is 13.2 Å². The molecule has 2 aliphatic carbocycles. The van der Waals surface area contributed by atoms with Crippen LogP contribution in [0.4, 0.5) is 0 Å². The van der Waals surface area contributed by atoms with E-state index in [4.69, 9.17) is 33.2 Å². The first-order valence-corrected chi connectivity index (χ1v) is 19.6. The topological polar surface area (TPSA) is 210 Å². The first-order chi connectivity index (χ1) is 28.1. The van der Waals surface area contributed by atoms with Gasteiger partial charge in [-0.05, 0) is 42.7 Å². The van der Waals surface area contributed by atoms with Crippen LogP contribution in [0, 0.1) is 23.2 Å². The average molecular weight is 835 g/mol. The molecule has 0 bridgehead atoms. The molecule has 324 valence electrons. The van der Waals surface area contributed by atoms with Crippen LogP contribution < -0.4 is 0 Å². The molecule has 0 radical (unpaired) electrons. The molecule has 2 aromatic heterocycles. The average Bonchev–Trinajstić information content (AvgIpc) is 3.38. The molecule has 0 amide bonds. The van der Waals surface area contributed by atoms with Crippen LogP contribution >= 0.6 is 0 Å². The first kappa shape index (κ1) is 46.9. The van der Waals surface area contributed by atoms with E-state index in [1.807, 2.05) is 13.8 Å². The number of allylic oxidation sites excluding steroid dienone is 1. The van der Waals surface area contributed by atoms with Gasteiger partial charge in [0.15, 0.2) is 35.3 Å². The van der Waals surface area contributed by atoms with Crippen LogP contribution in [0.1, 0.15) is 96.4 Å². The molecular formula is C44H54N2O14. The number of carbonyl (C=O) groups excluding carboxylic acids is 7. The maximum atomic E-state index is 15.1. The highest BCUT2D eigenvalue weighted by atomic mass is 16.6. The van der Waals surface area contributed by atoms with E-state index in [-0.39, 0.29) is 29.2 Å². The lowest BCUT2D eigenvalue weighted by Crippen LogP contribution is -2.54. The van der Waals surface area contributed by atoms with Crippen molar-refractivity contribution >= 4 is 41.6 Å². The lowest BCUT2D eigenvalue weighted by atomic mass is 9.75. The summed E-state index contributed by atoms with van der Waals surface area (Å²) in [7, 11) is 0. The number of aromatic nitrogens is 2. The van der Waals surface area contributed by atoms with E-state index in [9.17, 15) is 28.8 Å². The third kappa shape index (κ3) is 11.3. The van der Waals surface area contributed by atoms with Crippen LogP contribution in [-0.4, -0.2) is 100 Å². The quantitative estimate of drug-likeness (QED) is 0.154. The van der Waals surface area contributed by atoms with Gasteiger partial charge < -0.3 is 33.2 Å². The predicted octanol–water partition coefficient (Wildman–Crippen LogP) is 5.13. The van der Waals surface area contributed by atoms with Crippen LogP contribution in [0.15, 0.2) is 72.9 Å². The summed E-state index contributed by atoms with van der Waals surface area (Å²) in [6.07, 6.45) is 3.69. The number of carbonyl (C=O) groups is 7. The second-order valence-electron chi connectivity index (χ2n) is 16.3. The Balaban J connectivity index is 2.18. The second-order valence-corrected chi connectivity index (χ2v) is 16.3. The molecule has 16 nitrogen and oxygen atoms in total. The number of ketones is 1. The van der Waals surface area contributed by atoms with Crippen molar-refractivity contribution in [2.45, 2.75) is 111 Å². The van der Waals surface area contributed by atoms with Gasteiger partial charge in [-0.25, -0.2) is 9.59 Å². The molecule has 1 unspecified atom stereocenters. The molecule has 2 aliphatic rings. The summed E-state index contributed by atoms with van der Waals surface area (Å²) >= 11 is 0. The molecular weight excluding hydrogens is 780 g/mol. The van der Waals surface area contributed by atoms with Gasteiger partial charge in [0.25, 0.3) is 0 Å². The Labute approximate surface area is 349 Å². The van der Waals surface area contributed by atoms with Gasteiger partial charge in [0.05, 0.1) is 17.0 Å². The number of fused-ring (bicyclic) bond motifs is 1. The van der Waals surface area contributed by atoms with Crippen molar-refractivity contribution in [1.29, 1.82) is 0 Å². The Morgan fingerprint density at radius 1 is 0.783 bits per heavy atom. The van der Waals surface area contributed by atoms with Gasteiger partial charge in [-0.3, -0.25) is 33.9 Å². The second kappa shape index (κ2) is 19.5. The summed E-state index contributed by atoms with van der Waals surface area (Å²) in [5, 5.41) is 0. The van der Waals surface area contributed by atoms with Gasteiger partial charge in [-0.15, -0.1) is 0 Å². The zero-order valence-corrected chi connectivity index (χ0v) is 35.6. The summed E-state index contributed by atoms with van der Waals surface area (Å²) in [4.78, 5) is 103. The molecule has 2 aromatic rings. The van der Waals surface area contributed by atoms with Crippen molar-refractivity contribution in [2.24, 2.45) is 23.2 Å². The van der Waals surface area contributed by atoms with Crippen molar-refractivity contribution in [3.05, 3.63) is 84.0 Å². The summed E-state index contributed by atoms with van der Waals surface area (Å²) in [5.41, 5.74) is -5.11. The number of rotatable bonds is 12. The van der Waals surface area contributed by atoms with Crippen molar-refractivity contribution in [3.8, 4) is 0 Å². The number of esters is 6. The zero-order valence-electron chi connectivity index (χ0n) is 35.6. The minimum absolute atomic E-state index is 0.00316. The van der Waals surface area contributed by atoms with Crippen molar-refractivity contribution in [3.63, 3.8) is 0 Å². The number of ether oxygens (including phenoxy) is 7. The SMILES string of the molecule is CC(=O)OC/C1=C\[C@H]2[C@@H](OC(C)=O)[C@](C)(OC(C)=O)C[C@]2(OC(C)=O)C(=O)[C@H](C)/C=C\C(C)(C)C(OC(=O)c2cccnc2)[C@H](OC(=O)c2cccnc2)[C@H]1OCC(C)C. The normalized spacial score (nSPS) is 28.9. The summed E-state index contributed by atoms with van der Waals surface area (Å²) < 4.78 is 42.7. The fraction of sp³-hybridized carbons (Fsp3) is 0.523. The van der Waals surface area contributed by atoms with Gasteiger partial charge in [-0.2, -0.15) is 0 Å². The maximum absolute atomic E-state index is 15.1. The standard InChI is InChI=1S/C44H54N2O14/c1-25(2)22-55-35-33(23-54-27(4)47)19-34-38(56-28(5)48)43(10,59-29(6)49)24-44(34,60-30(7)50)37(51)26(3)15-16-42(8,9)39(58-41(53)32-14-12-18-46-21-32)36(35)57-40(52)31-13-11-17-45-20-31/h11-21,25-26,34-36,38-39H,22-24H2,1-10H3/b16-15-,33-19+/t26-,34+,35+,36-,38-,39?,43-,44-/m1/s1. The van der Waals surface area contributed by atoms with Gasteiger partial charge in [0, 0.05) is 76.8 Å². The molecule has 8 atom stereocenters. The highest BCUT2D eigenvalue weighted by molar-refractivity contribution is 5.94. The van der Waals surface area contributed by atoms with Crippen LogP contribution in [0.3, 0.4) is 0 Å². The highest BCUT2D eigenvalue weighted by Crippen LogP contribution is 2.52. The Bertz CT molecular complexity index is 1980. The van der Waals surface area contributed by atoms with E-state index >= 15 is 4.79 Å². The molecule has 0 aliphatic heterocycles. The van der Waals surface area contributed by atoms with Crippen LogP contribution in [0.2, 0.25) is 0 Å². The van der Waals surface area contributed by atoms with Gasteiger partial charge in [-0.1, -0.05) is 52.8 Å². The molecule has 0 aromatic carbocycles. The summed E-state index contributed by atoms with van der Waals surface area (Å²) in [5.74, 6) is -8.26. The molecule has 60 heavy (non-hydrogen) atoms. The zero-order chi connectivity index (χ0) is 44.6. The number of pyridine rings is 2. The molecule has 4 rings (SSSR count). The first-order valence-electron chi connectivity index (χ1n) is 19.6. The van der Waals surface area contributed by atoms with E-state index in [2.05, 4.69) is 9.97 Å². The Hall–Kier alpha value is -5.77. The molecule has 16 heteroatoms. The Morgan fingerprint density at radius 3 is 1.87 bits per heavy atom. The number of Topliss-reactive ketones (excluding diaryl/α,β-unsaturated/α-hetero) is 1. The minimum Gasteiger partial charge on any atom is -0.461 e. The number of hydrogen-bond acceptors (Lipinski definition) is 16. The van der Waals surface area contributed by atoms with Crippen LogP contribution in [0.5, 0.6) is 0 Å². The van der Waals surface area contributed by atoms with Crippen LogP contribution in [0.25, 0.3) is 0 Å². The van der Waals surface area contributed by atoms with Gasteiger partial charge in [0.1, 0.15) is 12.7 Å². The number of hydrogen-bond donors (Lipinski definition) is 0. The smallest absolute Gasteiger partial charge is 0.340 e. The maximum Gasteiger partial charge on any atom is 0.340 e. The third-order valence-corrected chi connectivity index (χ3v) is 10.1. The largest absolute Gasteiger partial charge is 0.461 e. The molecule has 0 N–H and O–H groups in total. The highest BCUT2D eigenvalue weighted by Gasteiger charge is 2.68. The number of nitrogens with zero attached hydrogens (tertiary/aromatic N) is 2. The predicted molar refractivity (Wildman–Crippen MR) is 212 cm³/mol. The van der Waals surface area contributed by atoms with Gasteiger partial charge in [0.2, 0.25) is 0 Å². The molecule has 2 heterocycles. The molecule has 1 fully saturated rings. The third-order valence-electron chi connectivity index (χ3n) is 10.1. The minimum atomic E-state index is -2.18. The van der Waals surface area contributed by atoms with Crippen LogP contribution in [-0.2, 0) is 57.1 Å². The van der Waals surface area contributed by atoms with E-state index < -0.39 is 107 Å².